The summed E-state index contributed by atoms with van der Waals surface area (Å²) in [7, 11) is 0. The van der Waals surface area contributed by atoms with Gasteiger partial charge in [-0.25, -0.2) is 4.98 Å². The molecule has 10 rings (SSSR count). The van der Waals surface area contributed by atoms with Crippen molar-refractivity contribution >= 4 is 65.8 Å². The van der Waals surface area contributed by atoms with Crippen molar-refractivity contribution in [1.29, 1.82) is 0 Å². The van der Waals surface area contributed by atoms with Crippen LogP contribution in [0.4, 0.5) is 0 Å². The lowest BCUT2D eigenvalue weighted by atomic mass is 10.1. The average molecular weight is 576 g/mol. The second-order valence-electron chi connectivity index (χ2n) is 11.5. The SMILES string of the molecule is c1ccc(-n2c3ccccc3c3cc(-n4c5cccnc5c5cc6c7ccccc7n(-c7ccccc7)c6nc54)ccc32)cc1. The van der Waals surface area contributed by atoms with Crippen molar-refractivity contribution in [3.63, 3.8) is 0 Å². The summed E-state index contributed by atoms with van der Waals surface area (Å²) in [6.07, 6.45) is 1.88. The van der Waals surface area contributed by atoms with E-state index in [1.807, 2.05) is 12.3 Å². The molecule has 210 valence electrons. The van der Waals surface area contributed by atoms with Gasteiger partial charge in [-0.1, -0.05) is 72.8 Å². The summed E-state index contributed by atoms with van der Waals surface area (Å²) in [5.41, 5.74) is 10.6. The van der Waals surface area contributed by atoms with Crippen LogP contribution in [0, 0.1) is 0 Å². The highest BCUT2D eigenvalue weighted by Gasteiger charge is 2.21. The molecular formula is C40H25N5. The van der Waals surface area contributed by atoms with Crippen LogP contribution >= 0.6 is 0 Å². The minimum Gasteiger partial charge on any atom is -0.309 e. The number of hydrogen-bond donors (Lipinski definition) is 0. The van der Waals surface area contributed by atoms with Crippen molar-refractivity contribution < 1.29 is 0 Å². The van der Waals surface area contributed by atoms with Crippen LogP contribution in [0.2, 0.25) is 0 Å². The molecule has 0 saturated carbocycles. The summed E-state index contributed by atoms with van der Waals surface area (Å²) in [5, 5.41) is 5.76. The van der Waals surface area contributed by atoms with Crippen LogP contribution in [-0.4, -0.2) is 23.7 Å². The molecule has 0 aliphatic heterocycles. The normalized spacial score (nSPS) is 12.0. The lowest BCUT2D eigenvalue weighted by Gasteiger charge is -2.10. The fraction of sp³-hybridized carbons (Fsp3) is 0. The highest BCUT2D eigenvalue weighted by atomic mass is 15.1. The number of aromatic nitrogens is 5. The molecule has 5 aromatic carbocycles. The van der Waals surface area contributed by atoms with Crippen LogP contribution in [0.1, 0.15) is 0 Å². The van der Waals surface area contributed by atoms with Gasteiger partial charge in [0, 0.05) is 50.2 Å². The predicted molar refractivity (Wildman–Crippen MR) is 185 cm³/mol. The molecule has 45 heavy (non-hydrogen) atoms. The third-order valence-electron chi connectivity index (χ3n) is 9.07. The molecule has 5 heterocycles. The number of hydrogen-bond acceptors (Lipinski definition) is 2. The lowest BCUT2D eigenvalue weighted by Crippen LogP contribution is -1.99. The van der Waals surface area contributed by atoms with E-state index in [-0.39, 0.29) is 0 Å². The van der Waals surface area contributed by atoms with Crippen molar-refractivity contribution in [2.45, 2.75) is 0 Å². The van der Waals surface area contributed by atoms with Gasteiger partial charge >= 0.3 is 0 Å². The van der Waals surface area contributed by atoms with Gasteiger partial charge in [0.25, 0.3) is 0 Å². The number of rotatable bonds is 3. The molecule has 5 nitrogen and oxygen atoms in total. The van der Waals surface area contributed by atoms with E-state index < -0.39 is 0 Å². The van der Waals surface area contributed by atoms with Crippen molar-refractivity contribution in [2.24, 2.45) is 0 Å². The van der Waals surface area contributed by atoms with Gasteiger partial charge in [0.05, 0.1) is 27.6 Å². The Kier molecular flexibility index (Phi) is 4.93. The van der Waals surface area contributed by atoms with Crippen molar-refractivity contribution in [1.82, 2.24) is 23.7 Å². The third kappa shape index (κ3) is 3.38. The molecule has 0 radical (unpaired) electrons. The molecule has 0 unspecified atom stereocenters. The monoisotopic (exact) mass is 575 g/mol. The summed E-state index contributed by atoms with van der Waals surface area (Å²) in [6, 6.07) is 51.5. The third-order valence-corrected chi connectivity index (χ3v) is 9.07. The zero-order valence-electron chi connectivity index (χ0n) is 24.2. The van der Waals surface area contributed by atoms with Crippen molar-refractivity contribution in [3.8, 4) is 17.1 Å². The summed E-state index contributed by atoms with van der Waals surface area (Å²) < 4.78 is 6.90. The minimum atomic E-state index is 0.891. The van der Waals surface area contributed by atoms with Crippen LogP contribution < -0.4 is 0 Å². The molecule has 5 heteroatoms. The van der Waals surface area contributed by atoms with Crippen LogP contribution in [0.5, 0.6) is 0 Å². The Bertz CT molecular complexity index is 2750. The molecule has 0 aliphatic rings. The highest BCUT2D eigenvalue weighted by Crippen LogP contribution is 2.39. The standard InChI is InChI=1S/C40H25N5/c1-3-12-26(13-4-1)43-34-18-9-7-16-29(34)31-24-28(21-22-36(31)43)45-37-20-11-23-41-38(37)33-25-32-30-17-8-10-19-35(30)44(39(32)42-40(33)45)27-14-5-2-6-15-27/h1-25H. The minimum absolute atomic E-state index is 0.891. The van der Waals surface area contributed by atoms with Crippen LogP contribution in [0.15, 0.2) is 152 Å². The topological polar surface area (TPSA) is 40.6 Å². The summed E-state index contributed by atoms with van der Waals surface area (Å²) in [4.78, 5) is 10.4. The van der Waals surface area contributed by atoms with Crippen molar-refractivity contribution in [3.05, 3.63) is 152 Å². The first kappa shape index (κ1) is 24.3. The molecule has 0 bridgehead atoms. The maximum atomic E-state index is 5.48. The zero-order valence-corrected chi connectivity index (χ0v) is 24.2. The fourth-order valence-electron chi connectivity index (χ4n) is 7.17. The van der Waals surface area contributed by atoms with E-state index in [9.17, 15) is 0 Å². The van der Waals surface area contributed by atoms with E-state index in [4.69, 9.17) is 9.97 Å². The number of pyridine rings is 2. The molecule has 0 saturated heterocycles. The Morgan fingerprint density at radius 3 is 1.67 bits per heavy atom. The van der Waals surface area contributed by atoms with E-state index in [2.05, 4.69) is 153 Å². The average Bonchev–Trinajstić information content (AvgIpc) is 3.73. The number of benzene rings is 5. The molecule has 10 aromatic rings. The zero-order chi connectivity index (χ0) is 29.5. The maximum absolute atomic E-state index is 5.48. The number of fused-ring (bicyclic) bond motifs is 9. The molecule has 0 atom stereocenters. The Labute approximate surface area is 257 Å². The second-order valence-corrected chi connectivity index (χ2v) is 11.5. The lowest BCUT2D eigenvalue weighted by molar-refractivity contribution is 1.11. The summed E-state index contributed by atoms with van der Waals surface area (Å²) in [6.45, 7) is 0. The number of nitrogens with zero attached hydrogens (tertiary/aromatic N) is 5. The van der Waals surface area contributed by atoms with Crippen LogP contribution in [-0.2, 0) is 0 Å². The highest BCUT2D eigenvalue weighted by molar-refractivity contribution is 6.16. The Balaban J connectivity index is 1.32. The first-order chi connectivity index (χ1) is 22.3. The van der Waals surface area contributed by atoms with Gasteiger partial charge in [-0.2, -0.15) is 0 Å². The first-order valence-electron chi connectivity index (χ1n) is 15.2. The molecule has 0 aliphatic carbocycles. The van der Waals surface area contributed by atoms with E-state index in [1.54, 1.807) is 0 Å². The van der Waals surface area contributed by atoms with Gasteiger partial charge in [-0.05, 0) is 72.8 Å². The van der Waals surface area contributed by atoms with Gasteiger partial charge in [0.1, 0.15) is 11.3 Å². The van der Waals surface area contributed by atoms with E-state index in [0.29, 0.717) is 0 Å². The van der Waals surface area contributed by atoms with E-state index in [1.165, 1.54) is 27.2 Å². The quantitative estimate of drug-likeness (QED) is 0.210. The van der Waals surface area contributed by atoms with E-state index in [0.717, 1.165) is 55.7 Å². The smallest absolute Gasteiger partial charge is 0.149 e. The summed E-state index contributed by atoms with van der Waals surface area (Å²) in [5.74, 6) is 0. The fourth-order valence-corrected chi connectivity index (χ4v) is 7.17. The maximum Gasteiger partial charge on any atom is 0.149 e. The first-order valence-corrected chi connectivity index (χ1v) is 15.2. The molecule has 0 N–H and O–H groups in total. The van der Waals surface area contributed by atoms with Crippen LogP contribution in [0.25, 0.3) is 82.9 Å². The molecule has 5 aromatic heterocycles. The van der Waals surface area contributed by atoms with E-state index >= 15 is 0 Å². The van der Waals surface area contributed by atoms with Crippen molar-refractivity contribution in [2.75, 3.05) is 0 Å². The summed E-state index contributed by atoms with van der Waals surface area (Å²) >= 11 is 0. The number of para-hydroxylation sites is 4. The second kappa shape index (κ2) is 9.15. The van der Waals surface area contributed by atoms with Gasteiger partial charge < -0.3 is 4.57 Å². The Hall–Kier alpha value is -6.20. The van der Waals surface area contributed by atoms with Gasteiger partial charge in [-0.15, -0.1) is 0 Å². The van der Waals surface area contributed by atoms with Crippen LogP contribution in [0.3, 0.4) is 0 Å². The van der Waals surface area contributed by atoms with Gasteiger partial charge in [0.15, 0.2) is 0 Å². The largest absolute Gasteiger partial charge is 0.309 e. The molecule has 0 spiro atoms. The van der Waals surface area contributed by atoms with Gasteiger partial charge in [-0.3, -0.25) is 14.1 Å². The van der Waals surface area contributed by atoms with Gasteiger partial charge in [0.2, 0.25) is 0 Å². The molecule has 0 fully saturated rings. The predicted octanol–water partition coefficient (Wildman–Crippen LogP) is 9.77. The molecular weight excluding hydrogens is 550 g/mol. The molecule has 0 amide bonds. The Morgan fingerprint density at radius 2 is 0.911 bits per heavy atom. The Morgan fingerprint density at radius 1 is 0.356 bits per heavy atom.